The highest BCUT2D eigenvalue weighted by Gasteiger charge is 1.19. The van der Waals surface area contributed by atoms with Crippen molar-refractivity contribution in [3.8, 4) is 0 Å². The zero-order valence-electron chi connectivity index (χ0n) is 4.05. The zero-order valence-corrected chi connectivity index (χ0v) is 3.05. The third kappa shape index (κ3) is 9.85. The van der Waals surface area contributed by atoms with Crippen LogP contribution in [0.4, 0.5) is 0 Å². The third-order valence-electron chi connectivity index (χ3n) is 0. The lowest BCUT2D eigenvalue weighted by Crippen LogP contribution is -1.82. The van der Waals surface area contributed by atoms with Crippen LogP contribution >= 0.6 is 0 Å². The Balaban J connectivity index is -0.0000000400. The van der Waals surface area contributed by atoms with E-state index in [0.29, 0.717) is 0 Å². The number of hydrogen-bond acceptors (Lipinski definition) is 2. The summed E-state index contributed by atoms with van der Waals surface area (Å²) in [5.41, 5.74) is 8.21. The lowest BCUT2D eigenvalue weighted by molar-refractivity contribution is -0.106. The first-order valence-electron chi connectivity index (χ1n) is 1.06. The lowest BCUT2D eigenvalue weighted by atomic mass is 11.5. The Morgan fingerprint density at radius 2 is 1.83 bits per heavy atom. The first-order chi connectivity index (χ1) is 2.83. The quantitative estimate of drug-likeness (QED) is 0.209. The number of hydrogen-bond donors (Lipinski definition) is 2. The molecule has 0 radical (unpaired) electrons. The van der Waals surface area contributed by atoms with Crippen molar-refractivity contribution >= 4 is 12.8 Å². The van der Waals surface area contributed by atoms with Gasteiger partial charge in [0.05, 0.1) is 0 Å². The van der Waals surface area contributed by atoms with Crippen molar-refractivity contribution in [2.75, 3.05) is 0 Å². The van der Waals surface area contributed by atoms with Crippen molar-refractivity contribution in [3.05, 3.63) is 0 Å². The van der Waals surface area contributed by atoms with Gasteiger partial charge in [-0.05, 0) is 0 Å². The molecule has 0 aliphatic carbocycles. The Bertz CT molecular complexity index is 34.7. The van der Waals surface area contributed by atoms with E-state index in [9.17, 15) is 0 Å². The SMILES string of the molecule is NC=O.N[C-]=O.[H+]. The van der Waals surface area contributed by atoms with E-state index in [1.54, 1.807) is 0 Å². The van der Waals surface area contributed by atoms with Gasteiger partial charge in [0.2, 0.25) is 6.41 Å². The number of primary amides is 2. The van der Waals surface area contributed by atoms with Crippen LogP contribution in [-0.4, -0.2) is 12.8 Å². The van der Waals surface area contributed by atoms with E-state index in [-0.39, 0.29) is 7.84 Å². The van der Waals surface area contributed by atoms with Gasteiger partial charge in [-0.25, -0.2) is 0 Å². The molecule has 0 spiro atoms. The molecule has 0 saturated heterocycles. The molecule has 0 aliphatic rings. The van der Waals surface area contributed by atoms with Crippen molar-refractivity contribution in [2.24, 2.45) is 11.5 Å². The number of amides is 2. The zero-order chi connectivity index (χ0) is 5.41. The second kappa shape index (κ2) is 38.5. The molecule has 4 heteroatoms. The summed E-state index contributed by atoms with van der Waals surface area (Å²) in [4.78, 5) is 17.0. The van der Waals surface area contributed by atoms with Crippen molar-refractivity contribution in [1.29, 1.82) is 0 Å². The summed E-state index contributed by atoms with van der Waals surface area (Å²) in [5.74, 6) is 0. The maximum Gasteiger partial charge on any atom is 1.00 e. The lowest BCUT2D eigenvalue weighted by Gasteiger charge is -1.59. The highest BCUT2D eigenvalue weighted by molar-refractivity contribution is 5.43. The molecule has 4 nitrogen and oxygen atoms in total. The number of carbonyl (C=O) groups is 1. The molecule has 0 aromatic carbocycles. The average Bonchev–Trinajstić information content (AvgIpc) is 1.39. The van der Waals surface area contributed by atoms with E-state index in [2.05, 4.69) is 11.5 Å². The van der Waals surface area contributed by atoms with Gasteiger partial charge in [0.1, 0.15) is 0 Å². The molecule has 0 saturated carbocycles. The Kier molecular flexibility index (Phi) is 57.0. The van der Waals surface area contributed by atoms with Crippen LogP contribution in [0.1, 0.15) is 1.43 Å². The Labute approximate surface area is 36.6 Å². The number of nitrogens with two attached hydrogens (primary N) is 2. The second-order valence-electron chi connectivity index (χ2n) is 0.254. The minimum Gasteiger partial charge on any atom is -0.543 e. The van der Waals surface area contributed by atoms with Crippen molar-refractivity contribution in [2.45, 2.75) is 0 Å². The second-order valence-corrected chi connectivity index (χ2v) is 0.254. The van der Waals surface area contributed by atoms with E-state index in [4.69, 9.17) is 9.59 Å². The topological polar surface area (TPSA) is 86.2 Å². The van der Waals surface area contributed by atoms with Gasteiger partial charge < -0.3 is 16.3 Å². The van der Waals surface area contributed by atoms with Gasteiger partial charge in [0.15, 0.2) is 0 Å². The molecule has 0 bridgehead atoms. The number of rotatable bonds is 0. The van der Waals surface area contributed by atoms with Crippen LogP contribution in [0.3, 0.4) is 0 Å². The summed E-state index contributed by atoms with van der Waals surface area (Å²) in [6.45, 7) is 0. The first kappa shape index (κ1) is 8.87. The van der Waals surface area contributed by atoms with Gasteiger partial charge in [-0.1, -0.05) is 0 Å². The van der Waals surface area contributed by atoms with Crippen molar-refractivity contribution < 1.29 is 11.0 Å². The highest BCUT2D eigenvalue weighted by atomic mass is 16.1. The summed E-state index contributed by atoms with van der Waals surface area (Å²) >= 11 is 0. The van der Waals surface area contributed by atoms with E-state index < -0.39 is 0 Å². The molecule has 0 fully saturated rings. The van der Waals surface area contributed by atoms with Gasteiger partial charge >= 0.3 is 1.43 Å². The third-order valence-corrected chi connectivity index (χ3v) is 0. The van der Waals surface area contributed by atoms with Crippen LogP contribution in [0, 0.1) is 0 Å². The Hall–Kier alpha value is -1.06. The van der Waals surface area contributed by atoms with Gasteiger partial charge in [0.25, 0.3) is 0 Å². The van der Waals surface area contributed by atoms with E-state index in [1.165, 1.54) is 0 Å². The summed E-state index contributed by atoms with van der Waals surface area (Å²) < 4.78 is 0. The predicted molar refractivity (Wildman–Crippen MR) is 21.2 cm³/mol. The highest BCUT2D eigenvalue weighted by Crippen LogP contribution is 0.809. The standard InChI is InChI=1S/CH3NO.CH2NO/c2*2-1-3/h1H,(H2,2,3);(H2,2,3)/q;-1/p+1. The minimum atomic E-state index is 0. The molecule has 0 heterocycles. The summed E-state index contributed by atoms with van der Waals surface area (Å²) in [6.07, 6.45) is 1.25. The van der Waals surface area contributed by atoms with Crippen LogP contribution in [0.2, 0.25) is 0 Å². The smallest absolute Gasteiger partial charge is 0.543 e. The largest absolute Gasteiger partial charge is 1.00 e. The van der Waals surface area contributed by atoms with Crippen LogP contribution in [0.15, 0.2) is 0 Å². The Morgan fingerprint density at radius 1 is 1.83 bits per heavy atom. The first-order valence-corrected chi connectivity index (χ1v) is 1.06. The predicted octanol–water partition coefficient (Wildman–Crippen LogP) is -1.77. The molecule has 0 aromatic rings. The average molecular weight is 90.1 g/mol. The van der Waals surface area contributed by atoms with Crippen LogP contribution in [0.25, 0.3) is 0 Å². The fraction of sp³-hybridized carbons (Fsp3) is 0. The monoisotopic (exact) mass is 90.0 g/mol. The summed E-state index contributed by atoms with van der Waals surface area (Å²) in [7, 11) is 0. The van der Waals surface area contributed by atoms with Crippen LogP contribution in [-0.2, 0) is 9.59 Å². The molecule has 0 aliphatic heterocycles. The van der Waals surface area contributed by atoms with Gasteiger partial charge in [-0.3, -0.25) is 4.79 Å². The van der Waals surface area contributed by atoms with Crippen LogP contribution < -0.4 is 11.5 Å². The van der Waals surface area contributed by atoms with Gasteiger partial charge in [0, 0.05) is 0 Å². The molecule has 6 heavy (non-hydrogen) atoms. The normalized spacial score (nSPS) is 4.00. The molecule has 0 aromatic heterocycles. The maximum absolute atomic E-state index is 8.58. The molecule has 2 amide bonds. The summed E-state index contributed by atoms with van der Waals surface area (Å²) in [5, 5.41) is 0. The van der Waals surface area contributed by atoms with Crippen molar-refractivity contribution in [1.82, 2.24) is 0 Å². The van der Waals surface area contributed by atoms with Gasteiger partial charge in [-0.2, -0.15) is 6.41 Å². The van der Waals surface area contributed by atoms with Crippen LogP contribution in [0.5, 0.6) is 0 Å². The molecule has 4 N–H and O–H groups in total. The van der Waals surface area contributed by atoms with E-state index in [1.807, 2.05) is 0 Å². The molecular weight excluding hydrogens is 84.0 g/mol. The minimum absolute atomic E-state index is 0. The van der Waals surface area contributed by atoms with Gasteiger partial charge in [-0.15, -0.1) is 0 Å². The number of carbonyl (C=O) groups excluding carboxylic acids is 2. The molecule has 0 atom stereocenters. The van der Waals surface area contributed by atoms with E-state index >= 15 is 0 Å². The molecule has 36 valence electrons. The fourth-order valence-electron chi connectivity index (χ4n) is 0. The summed E-state index contributed by atoms with van der Waals surface area (Å²) in [6, 6.07) is 0. The Morgan fingerprint density at radius 3 is 1.83 bits per heavy atom. The van der Waals surface area contributed by atoms with E-state index in [0.717, 1.165) is 6.41 Å². The maximum atomic E-state index is 8.58. The van der Waals surface area contributed by atoms with Crippen molar-refractivity contribution in [3.63, 3.8) is 0 Å². The molecule has 0 rings (SSSR count). The fourth-order valence-corrected chi connectivity index (χ4v) is 0. The molecule has 0 unspecified atom stereocenters. The molecular formula is C2H6N2O2.